The summed E-state index contributed by atoms with van der Waals surface area (Å²) in [5.41, 5.74) is 5.66. The Bertz CT molecular complexity index is 1330. The van der Waals surface area contributed by atoms with Gasteiger partial charge in [-0.25, -0.2) is 9.97 Å². The van der Waals surface area contributed by atoms with Crippen molar-refractivity contribution in [2.75, 3.05) is 0 Å². The summed E-state index contributed by atoms with van der Waals surface area (Å²) < 4.78 is 1.99. The molecule has 0 saturated carbocycles. The van der Waals surface area contributed by atoms with Crippen LogP contribution in [0.1, 0.15) is 0 Å². The molecule has 142 valence electrons. The van der Waals surface area contributed by atoms with Gasteiger partial charge >= 0.3 is 0 Å². The van der Waals surface area contributed by atoms with Crippen LogP contribution in [0, 0.1) is 0 Å². The molecule has 2 heterocycles. The minimum absolute atomic E-state index is 0.676. The number of nitrogens with zero attached hydrogens (tertiary/aromatic N) is 3. The Hall–Kier alpha value is -3.08. The Morgan fingerprint density at radius 3 is 2.41 bits per heavy atom. The van der Waals surface area contributed by atoms with Gasteiger partial charge < -0.3 is 9.55 Å². The van der Waals surface area contributed by atoms with Gasteiger partial charge in [-0.15, -0.1) is 0 Å². The summed E-state index contributed by atoms with van der Waals surface area (Å²) in [6.45, 7) is 0. The monoisotopic (exact) mass is 418 g/mol. The number of nitrogens with one attached hydrogen (secondary N) is 1. The average molecular weight is 419 g/mol. The molecule has 0 saturated heterocycles. The maximum absolute atomic E-state index is 6.35. The van der Waals surface area contributed by atoms with Crippen LogP contribution in [0.4, 0.5) is 0 Å². The number of hydrogen-bond donors (Lipinski definition) is 1. The van der Waals surface area contributed by atoms with Gasteiger partial charge in [0.05, 0.1) is 21.7 Å². The Balaban J connectivity index is 1.49. The molecule has 0 aliphatic carbocycles. The van der Waals surface area contributed by atoms with Crippen molar-refractivity contribution in [3.8, 4) is 34.0 Å². The van der Waals surface area contributed by atoms with Gasteiger partial charge in [-0.3, -0.25) is 0 Å². The normalized spacial score (nSPS) is 11.3. The molecule has 4 nitrogen and oxygen atoms in total. The van der Waals surface area contributed by atoms with E-state index in [1.807, 2.05) is 84.5 Å². The number of fused-ring (bicyclic) bond motifs is 1. The third-order valence-corrected chi connectivity index (χ3v) is 5.46. The molecule has 0 atom stereocenters. The molecule has 0 amide bonds. The molecule has 0 unspecified atom stereocenters. The predicted molar refractivity (Wildman–Crippen MR) is 119 cm³/mol. The Kier molecular flexibility index (Phi) is 4.38. The first-order valence-electron chi connectivity index (χ1n) is 9.13. The molecule has 0 bridgehead atoms. The van der Waals surface area contributed by atoms with Crippen molar-refractivity contribution in [3.63, 3.8) is 0 Å². The lowest BCUT2D eigenvalue weighted by Gasteiger charge is -2.03. The van der Waals surface area contributed by atoms with Crippen LogP contribution in [0.25, 0.3) is 45.1 Å². The SMILES string of the molecule is Cn1cc(-c2ccc(-c3nc4cc(Cl)ccc4[nH]3)cc2)nc1-c1ccccc1Cl. The first kappa shape index (κ1) is 18.0. The lowest BCUT2D eigenvalue weighted by atomic mass is 10.1. The van der Waals surface area contributed by atoms with Crippen LogP contribution in [0.2, 0.25) is 10.0 Å². The van der Waals surface area contributed by atoms with Crippen molar-refractivity contribution >= 4 is 34.2 Å². The highest BCUT2D eigenvalue weighted by molar-refractivity contribution is 6.33. The summed E-state index contributed by atoms with van der Waals surface area (Å²) in [6.07, 6.45) is 2.01. The zero-order valence-electron chi connectivity index (χ0n) is 15.5. The van der Waals surface area contributed by atoms with E-state index in [1.165, 1.54) is 0 Å². The van der Waals surface area contributed by atoms with Crippen LogP contribution in [0.5, 0.6) is 0 Å². The zero-order valence-corrected chi connectivity index (χ0v) is 17.0. The Morgan fingerprint density at radius 2 is 1.62 bits per heavy atom. The standard InChI is InChI=1S/C23H16Cl2N4/c1-29-13-21(28-23(29)17-4-2-3-5-18(17)25)14-6-8-15(9-7-14)22-26-19-11-10-16(24)12-20(19)27-22/h2-13H,1H3,(H,26,27). The van der Waals surface area contributed by atoms with Crippen molar-refractivity contribution in [2.45, 2.75) is 0 Å². The highest BCUT2D eigenvalue weighted by Gasteiger charge is 2.12. The smallest absolute Gasteiger partial charge is 0.141 e. The van der Waals surface area contributed by atoms with E-state index in [1.54, 1.807) is 0 Å². The second-order valence-corrected chi connectivity index (χ2v) is 7.71. The molecule has 5 aromatic rings. The topological polar surface area (TPSA) is 46.5 Å². The predicted octanol–water partition coefficient (Wildman–Crippen LogP) is 6.60. The fourth-order valence-electron chi connectivity index (χ4n) is 3.41. The van der Waals surface area contributed by atoms with Crippen LogP contribution >= 0.6 is 23.2 Å². The third kappa shape index (κ3) is 3.31. The van der Waals surface area contributed by atoms with Gasteiger partial charge in [0.1, 0.15) is 11.6 Å². The summed E-state index contributed by atoms with van der Waals surface area (Å²) in [5.74, 6) is 1.65. The van der Waals surface area contributed by atoms with Crippen molar-refractivity contribution in [1.29, 1.82) is 0 Å². The molecule has 0 fully saturated rings. The number of halogens is 2. The number of aromatic amines is 1. The fraction of sp³-hybridized carbons (Fsp3) is 0.0435. The molecule has 6 heteroatoms. The molecule has 0 aliphatic heterocycles. The van der Waals surface area contributed by atoms with Gasteiger partial charge in [0, 0.05) is 35.0 Å². The van der Waals surface area contributed by atoms with Crippen LogP contribution in [0.15, 0.2) is 72.9 Å². The van der Waals surface area contributed by atoms with Crippen LogP contribution in [0.3, 0.4) is 0 Å². The number of benzene rings is 3. The van der Waals surface area contributed by atoms with E-state index in [4.69, 9.17) is 28.2 Å². The lowest BCUT2D eigenvalue weighted by molar-refractivity contribution is 0.925. The average Bonchev–Trinajstić information content (AvgIpc) is 3.32. The largest absolute Gasteiger partial charge is 0.338 e. The molecule has 3 aromatic carbocycles. The van der Waals surface area contributed by atoms with E-state index in [0.29, 0.717) is 10.0 Å². The van der Waals surface area contributed by atoms with Crippen molar-refractivity contribution in [1.82, 2.24) is 19.5 Å². The maximum Gasteiger partial charge on any atom is 0.141 e. The molecule has 0 spiro atoms. The minimum Gasteiger partial charge on any atom is -0.338 e. The van der Waals surface area contributed by atoms with Crippen molar-refractivity contribution in [2.24, 2.45) is 7.05 Å². The van der Waals surface area contributed by atoms with Gasteiger partial charge in [-0.05, 0) is 30.3 Å². The number of imidazole rings is 2. The highest BCUT2D eigenvalue weighted by atomic mass is 35.5. The minimum atomic E-state index is 0.676. The first-order valence-corrected chi connectivity index (χ1v) is 9.88. The summed E-state index contributed by atoms with van der Waals surface area (Å²) in [5, 5.41) is 1.36. The highest BCUT2D eigenvalue weighted by Crippen LogP contribution is 2.30. The molecule has 29 heavy (non-hydrogen) atoms. The van der Waals surface area contributed by atoms with Crippen LogP contribution in [-0.4, -0.2) is 19.5 Å². The lowest BCUT2D eigenvalue weighted by Crippen LogP contribution is -1.91. The fourth-order valence-corrected chi connectivity index (χ4v) is 3.80. The van der Waals surface area contributed by atoms with E-state index in [0.717, 1.165) is 45.1 Å². The quantitative estimate of drug-likeness (QED) is 0.358. The van der Waals surface area contributed by atoms with Gasteiger partial charge in [0.15, 0.2) is 0 Å². The number of aryl methyl sites for hydroxylation is 1. The molecular weight excluding hydrogens is 403 g/mol. The first-order chi connectivity index (χ1) is 14.1. The van der Waals surface area contributed by atoms with E-state index in [9.17, 15) is 0 Å². The number of H-pyrrole nitrogens is 1. The molecular formula is C23H16Cl2N4. The van der Waals surface area contributed by atoms with Crippen LogP contribution < -0.4 is 0 Å². The molecule has 0 radical (unpaired) electrons. The Morgan fingerprint density at radius 1 is 0.862 bits per heavy atom. The second-order valence-electron chi connectivity index (χ2n) is 6.86. The molecule has 2 aromatic heterocycles. The van der Waals surface area contributed by atoms with E-state index in [2.05, 4.69) is 9.97 Å². The van der Waals surface area contributed by atoms with Gasteiger partial charge in [0.25, 0.3) is 0 Å². The van der Waals surface area contributed by atoms with Crippen molar-refractivity contribution in [3.05, 3.63) is 83.0 Å². The molecule has 0 aliphatic rings. The summed E-state index contributed by atoms with van der Waals surface area (Å²) in [4.78, 5) is 12.8. The van der Waals surface area contributed by atoms with Gasteiger partial charge in [-0.1, -0.05) is 59.6 Å². The molecule has 1 N–H and O–H groups in total. The third-order valence-electron chi connectivity index (χ3n) is 4.89. The zero-order chi connectivity index (χ0) is 20.0. The van der Waals surface area contributed by atoms with Crippen molar-refractivity contribution < 1.29 is 0 Å². The second kappa shape index (κ2) is 7.07. The summed E-state index contributed by atoms with van der Waals surface area (Å²) >= 11 is 12.4. The van der Waals surface area contributed by atoms with E-state index >= 15 is 0 Å². The van der Waals surface area contributed by atoms with Gasteiger partial charge in [-0.2, -0.15) is 0 Å². The number of rotatable bonds is 3. The van der Waals surface area contributed by atoms with E-state index < -0.39 is 0 Å². The maximum atomic E-state index is 6.35. The summed E-state index contributed by atoms with van der Waals surface area (Å²) in [6, 6.07) is 21.6. The number of aromatic nitrogens is 4. The molecule has 5 rings (SSSR count). The number of hydrogen-bond acceptors (Lipinski definition) is 2. The van der Waals surface area contributed by atoms with E-state index in [-0.39, 0.29) is 0 Å². The Labute approximate surface area is 177 Å². The van der Waals surface area contributed by atoms with Gasteiger partial charge in [0.2, 0.25) is 0 Å². The van der Waals surface area contributed by atoms with Crippen LogP contribution in [-0.2, 0) is 7.05 Å². The summed E-state index contributed by atoms with van der Waals surface area (Å²) in [7, 11) is 1.98.